The highest BCUT2D eigenvalue weighted by Gasteiger charge is 2.28. The lowest BCUT2D eigenvalue weighted by Gasteiger charge is -2.35. The molecule has 1 saturated heterocycles. The normalized spacial score (nSPS) is 20.5. The number of rotatable bonds is 5. The zero-order valence-corrected chi connectivity index (χ0v) is 11.9. The van der Waals surface area contributed by atoms with E-state index in [-0.39, 0.29) is 17.9 Å². The smallest absolute Gasteiger partial charge is 0.330 e. The molecule has 6 nitrogen and oxygen atoms in total. The zero-order chi connectivity index (χ0) is 14.3. The summed E-state index contributed by atoms with van der Waals surface area (Å²) >= 11 is 0. The van der Waals surface area contributed by atoms with Gasteiger partial charge in [0.05, 0.1) is 6.61 Å². The lowest BCUT2D eigenvalue weighted by Crippen LogP contribution is -2.57. The predicted octanol–water partition coefficient (Wildman–Crippen LogP) is -0.532. The molecule has 0 spiro atoms. The maximum Gasteiger partial charge on any atom is 0.330 e. The van der Waals surface area contributed by atoms with E-state index < -0.39 is 0 Å². The molecule has 1 rings (SSSR count). The van der Waals surface area contributed by atoms with E-state index in [1.807, 2.05) is 0 Å². The van der Waals surface area contributed by atoms with E-state index in [0.717, 1.165) is 13.1 Å². The van der Waals surface area contributed by atoms with Gasteiger partial charge in [0.1, 0.15) is 6.04 Å². The number of carbonyl (C=O) groups is 2. The van der Waals surface area contributed by atoms with Crippen LogP contribution in [0.4, 0.5) is 0 Å². The van der Waals surface area contributed by atoms with Gasteiger partial charge in [0, 0.05) is 46.4 Å². The molecule has 1 unspecified atom stereocenters. The largest absolute Gasteiger partial charge is 0.463 e. The number of nitrogens with one attached hydrogen (secondary N) is 1. The summed E-state index contributed by atoms with van der Waals surface area (Å²) in [5.41, 5.74) is 0. The van der Waals surface area contributed by atoms with Crippen LogP contribution in [0.3, 0.4) is 0 Å². The van der Waals surface area contributed by atoms with Crippen LogP contribution in [0.25, 0.3) is 0 Å². The van der Waals surface area contributed by atoms with Crippen molar-refractivity contribution in [3.05, 3.63) is 12.2 Å². The number of piperazine rings is 1. The molecule has 0 bridgehead atoms. The Morgan fingerprint density at radius 3 is 2.84 bits per heavy atom. The molecule has 0 aromatic rings. The topological polar surface area (TPSA) is 61.9 Å². The summed E-state index contributed by atoms with van der Waals surface area (Å²) in [5, 5.41) is 3.22. The maximum atomic E-state index is 12.0. The summed E-state index contributed by atoms with van der Waals surface area (Å²) in [6.45, 7) is 5.00. The average Bonchev–Trinajstić information content (AvgIpc) is 2.38. The highest BCUT2D eigenvalue weighted by molar-refractivity contribution is 5.82. The molecule has 1 heterocycles. The zero-order valence-electron chi connectivity index (χ0n) is 11.9. The van der Waals surface area contributed by atoms with Crippen LogP contribution in [-0.2, 0) is 14.3 Å². The molecule has 6 heteroatoms. The van der Waals surface area contributed by atoms with Crippen molar-refractivity contribution >= 4 is 11.9 Å². The summed E-state index contributed by atoms with van der Waals surface area (Å²) in [5.74, 6) is -0.259. The lowest BCUT2D eigenvalue weighted by atomic mass is 10.1. The van der Waals surface area contributed by atoms with Gasteiger partial charge in [-0.3, -0.25) is 9.69 Å². The van der Waals surface area contributed by atoms with Gasteiger partial charge in [-0.05, 0) is 6.92 Å². The van der Waals surface area contributed by atoms with Crippen LogP contribution in [0.15, 0.2) is 12.2 Å². The molecular formula is C13H23N3O3. The van der Waals surface area contributed by atoms with Crippen LogP contribution in [-0.4, -0.2) is 74.6 Å². The molecule has 0 aliphatic carbocycles. The number of carbonyl (C=O) groups excluding carboxylic acids is 2. The van der Waals surface area contributed by atoms with E-state index in [4.69, 9.17) is 4.74 Å². The minimum atomic E-state index is -0.340. The summed E-state index contributed by atoms with van der Waals surface area (Å²) in [6, 6.07) is -0.171. The van der Waals surface area contributed by atoms with Crippen molar-refractivity contribution in [3.8, 4) is 0 Å². The SMILES string of the molecule is CCOC(=O)/C=C/CN1CCNCC1C(=O)N(C)C. The summed E-state index contributed by atoms with van der Waals surface area (Å²) < 4.78 is 4.81. The fraction of sp³-hybridized carbons (Fsp3) is 0.692. The van der Waals surface area contributed by atoms with Crippen LogP contribution >= 0.6 is 0 Å². The highest BCUT2D eigenvalue weighted by atomic mass is 16.5. The van der Waals surface area contributed by atoms with E-state index >= 15 is 0 Å². The van der Waals surface area contributed by atoms with Crippen molar-refractivity contribution < 1.29 is 14.3 Å². The van der Waals surface area contributed by atoms with E-state index in [1.165, 1.54) is 6.08 Å². The van der Waals surface area contributed by atoms with Crippen molar-refractivity contribution in [2.45, 2.75) is 13.0 Å². The minimum absolute atomic E-state index is 0.0803. The Morgan fingerprint density at radius 2 is 2.21 bits per heavy atom. The van der Waals surface area contributed by atoms with Crippen LogP contribution in [0.5, 0.6) is 0 Å². The van der Waals surface area contributed by atoms with E-state index in [1.54, 1.807) is 32.0 Å². The molecule has 0 saturated carbocycles. The summed E-state index contributed by atoms with van der Waals surface area (Å²) in [4.78, 5) is 26.9. The number of ether oxygens (including phenoxy) is 1. The molecule has 1 N–H and O–H groups in total. The van der Waals surface area contributed by atoms with Gasteiger partial charge in [-0.25, -0.2) is 4.79 Å². The summed E-state index contributed by atoms with van der Waals surface area (Å²) in [7, 11) is 3.51. The first-order valence-electron chi connectivity index (χ1n) is 6.55. The number of hydrogen-bond acceptors (Lipinski definition) is 5. The molecule has 108 valence electrons. The lowest BCUT2D eigenvalue weighted by molar-refractivity contribution is -0.137. The van der Waals surface area contributed by atoms with Gasteiger partial charge in [0.15, 0.2) is 0 Å². The fourth-order valence-corrected chi connectivity index (χ4v) is 1.98. The molecule has 0 aromatic heterocycles. The molecule has 0 aromatic carbocycles. The second-order valence-corrected chi connectivity index (χ2v) is 4.60. The van der Waals surface area contributed by atoms with Crippen molar-refractivity contribution in [2.75, 3.05) is 46.9 Å². The second kappa shape index (κ2) is 7.91. The molecule has 1 atom stereocenters. The van der Waals surface area contributed by atoms with Crippen LogP contribution in [0, 0.1) is 0 Å². The van der Waals surface area contributed by atoms with Crippen LogP contribution < -0.4 is 5.32 Å². The second-order valence-electron chi connectivity index (χ2n) is 4.60. The molecule has 0 radical (unpaired) electrons. The Labute approximate surface area is 114 Å². The predicted molar refractivity (Wildman–Crippen MR) is 72.7 cm³/mol. The number of likely N-dealkylation sites (N-methyl/N-ethyl adjacent to an activating group) is 1. The van der Waals surface area contributed by atoms with E-state index in [0.29, 0.717) is 19.7 Å². The van der Waals surface area contributed by atoms with Gasteiger partial charge in [0.2, 0.25) is 5.91 Å². The Morgan fingerprint density at radius 1 is 1.47 bits per heavy atom. The quantitative estimate of drug-likeness (QED) is 0.537. The molecule has 19 heavy (non-hydrogen) atoms. The van der Waals surface area contributed by atoms with Gasteiger partial charge in [0.25, 0.3) is 0 Å². The van der Waals surface area contributed by atoms with Gasteiger partial charge in [-0.2, -0.15) is 0 Å². The number of amides is 1. The molecule has 1 amide bonds. The third-order valence-electron chi connectivity index (χ3n) is 2.96. The first-order chi connectivity index (χ1) is 9.06. The Balaban J connectivity index is 2.53. The molecular weight excluding hydrogens is 246 g/mol. The van der Waals surface area contributed by atoms with Crippen molar-refractivity contribution in [1.29, 1.82) is 0 Å². The van der Waals surface area contributed by atoms with Gasteiger partial charge < -0.3 is 15.0 Å². The van der Waals surface area contributed by atoms with Crippen LogP contribution in [0.2, 0.25) is 0 Å². The van der Waals surface area contributed by atoms with E-state index in [9.17, 15) is 9.59 Å². The minimum Gasteiger partial charge on any atom is -0.463 e. The number of hydrogen-bond donors (Lipinski definition) is 1. The third-order valence-corrected chi connectivity index (χ3v) is 2.96. The standard InChI is InChI=1S/C13H23N3O3/c1-4-19-12(17)6-5-8-16-9-7-14-10-11(16)13(18)15(2)3/h5-6,11,14H,4,7-10H2,1-3H3/b6-5+. The Kier molecular flexibility index (Phi) is 6.52. The fourth-order valence-electron chi connectivity index (χ4n) is 1.98. The number of nitrogens with zero attached hydrogens (tertiary/aromatic N) is 2. The Bertz CT molecular complexity index is 342. The average molecular weight is 269 g/mol. The van der Waals surface area contributed by atoms with Crippen molar-refractivity contribution in [2.24, 2.45) is 0 Å². The molecule has 1 fully saturated rings. The Hall–Kier alpha value is -1.40. The highest BCUT2D eigenvalue weighted by Crippen LogP contribution is 2.06. The van der Waals surface area contributed by atoms with Gasteiger partial charge in [-0.15, -0.1) is 0 Å². The monoisotopic (exact) mass is 269 g/mol. The summed E-state index contributed by atoms with van der Waals surface area (Å²) in [6.07, 6.45) is 3.17. The van der Waals surface area contributed by atoms with Gasteiger partial charge >= 0.3 is 5.97 Å². The third kappa shape index (κ3) is 5.00. The maximum absolute atomic E-state index is 12.0. The molecule has 1 aliphatic rings. The molecule has 1 aliphatic heterocycles. The van der Waals surface area contributed by atoms with Gasteiger partial charge in [-0.1, -0.05) is 6.08 Å². The van der Waals surface area contributed by atoms with E-state index in [2.05, 4.69) is 10.2 Å². The first kappa shape index (κ1) is 15.7. The van der Waals surface area contributed by atoms with Crippen LogP contribution in [0.1, 0.15) is 6.92 Å². The number of esters is 1. The van der Waals surface area contributed by atoms with Crippen molar-refractivity contribution in [3.63, 3.8) is 0 Å². The van der Waals surface area contributed by atoms with Crippen molar-refractivity contribution in [1.82, 2.24) is 15.1 Å². The first-order valence-corrected chi connectivity index (χ1v) is 6.55.